The number of rotatable bonds is 1. The minimum atomic E-state index is 0.734. The van der Waals surface area contributed by atoms with Crippen LogP contribution in [-0.4, -0.2) is 5.16 Å². The molecule has 1 aromatic heterocycles. The van der Waals surface area contributed by atoms with Crippen molar-refractivity contribution in [2.45, 2.75) is 6.92 Å². The predicted molar refractivity (Wildman–Crippen MR) is 69.2 cm³/mol. The minimum absolute atomic E-state index is 0.734. The summed E-state index contributed by atoms with van der Waals surface area (Å²) < 4.78 is 5.33. The number of halogens is 1. The summed E-state index contributed by atoms with van der Waals surface area (Å²) in [5.41, 5.74) is 3.63. The molecule has 2 aromatic carbocycles. The molecule has 0 aliphatic rings. The molecule has 3 aromatic rings. The van der Waals surface area contributed by atoms with Crippen LogP contribution in [0, 0.1) is 6.92 Å². The minimum Gasteiger partial charge on any atom is -0.356 e. The first-order valence-corrected chi connectivity index (χ1v) is 5.74. The molecule has 0 fully saturated rings. The molecule has 0 bridgehead atoms. The fraction of sp³-hybridized carbons (Fsp3) is 0.0714. The summed E-state index contributed by atoms with van der Waals surface area (Å²) in [5.74, 6) is 0. The van der Waals surface area contributed by atoms with Gasteiger partial charge in [0, 0.05) is 10.6 Å². The zero-order chi connectivity index (χ0) is 11.8. The van der Waals surface area contributed by atoms with E-state index in [0.29, 0.717) is 0 Å². The average Bonchev–Trinajstić information content (AvgIpc) is 2.74. The lowest BCUT2D eigenvalue weighted by molar-refractivity contribution is 0.459. The number of aryl methyl sites for hydroxylation is 1. The van der Waals surface area contributed by atoms with Gasteiger partial charge in [-0.15, -0.1) is 0 Å². The topological polar surface area (TPSA) is 26.0 Å². The second-order valence-corrected chi connectivity index (χ2v) is 4.40. The third-order valence-corrected chi connectivity index (χ3v) is 3.21. The molecular formula is C14H10ClNO. The van der Waals surface area contributed by atoms with Crippen molar-refractivity contribution < 1.29 is 4.52 Å². The van der Waals surface area contributed by atoms with Crippen molar-refractivity contribution in [1.82, 2.24) is 5.16 Å². The Morgan fingerprint density at radius 3 is 2.65 bits per heavy atom. The molecule has 0 aliphatic heterocycles. The van der Waals surface area contributed by atoms with E-state index in [0.717, 1.165) is 32.8 Å². The molecule has 2 nitrogen and oxygen atoms in total. The number of benzene rings is 2. The van der Waals surface area contributed by atoms with E-state index in [1.165, 1.54) is 0 Å². The van der Waals surface area contributed by atoms with Crippen molar-refractivity contribution >= 4 is 22.6 Å². The van der Waals surface area contributed by atoms with Crippen LogP contribution < -0.4 is 0 Å². The van der Waals surface area contributed by atoms with Gasteiger partial charge in [-0.2, -0.15) is 0 Å². The Bertz CT molecular complexity index is 673. The van der Waals surface area contributed by atoms with E-state index in [2.05, 4.69) is 5.16 Å². The molecule has 0 N–H and O–H groups in total. The monoisotopic (exact) mass is 243 g/mol. The first-order valence-electron chi connectivity index (χ1n) is 5.36. The lowest BCUT2D eigenvalue weighted by Crippen LogP contribution is -1.78. The summed E-state index contributed by atoms with van der Waals surface area (Å²) in [6, 6.07) is 13.8. The van der Waals surface area contributed by atoms with Crippen LogP contribution in [0.3, 0.4) is 0 Å². The first-order chi connectivity index (χ1) is 8.25. The summed E-state index contributed by atoms with van der Waals surface area (Å²) in [7, 11) is 0. The van der Waals surface area contributed by atoms with Gasteiger partial charge >= 0.3 is 0 Å². The summed E-state index contributed by atoms with van der Waals surface area (Å²) in [4.78, 5) is 0. The lowest BCUT2D eigenvalue weighted by Gasteiger charge is -1.98. The van der Waals surface area contributed by atoms with Crippen LogP contribution in [0.25, 0.3) is 22.2 Å². The van der Waals surface area contributed by atoms with Gasteiger partial charge in [0.25, 0.3) is 0 Å². The number of fused-ring (bicyclic) bond motifs is 1. The Hall–Kier alpha value is -1.80. The smallest absolute Gasteiger partial charge is 0.167 e. The van der Waals surface area contributed by atoms with Crippen LogP contribution >= 0.6 is 11.6 Å². The number of aromatic nitrogens is 1. The largest absolute Gasteiger partial charge is 0.356 e. The third-order valence-electron chi connectivity index (χ3n) is 2.80. The Morgan fingerprint density at radius 1 is 1.12 bits per heavy atom. The maximum atomic E-state index is 6.13. The molecule has 17 heavy (non-hydrogen) atoms. The first kappa shape index (κ1) is 10.4. The molecule has 0 saturated heterocycles. The molecule has 0 amide bonds. The van der Waals surface area contributed by atoms with E-state index >= 15 is 0 Å². The van der Waals surface area contributed by atoms with Gasteiger partial charge in [-0.25, -0.2) is 0 Å². The molecule has 1 heterocycles. The average molecular weight is 244 g/mol. The van der Waals surface area contributed by atoms with Gasteiger partial charge in [0.15, 0.2) is 5.58 Å². The molecular weight excluding hydrogens is 234 g/mol. The summed E-state index contributed by atoms with van der Waals surface area (Å²) in [6.07, 6.45) is 0. The van der Waals surface area contributed by atoms with Gasteiger partial charge in [-0.05, 0) is 24.6 Å². The fourth-order valence-corrected chi connectivity index (χ4v) is 2.03. The number of hydrogen-bond acceptors (Lipinski definition) is 2. The van der Waals surface area contributed by atoms with Crippen LogP contribution in [0.2, 0.25) is 5.02 Å². The van der Waals surface area contributed by atoms with Crippen LogP contribution in [0.1, 0.15) is 5.56 Å². The van der Waals surface area contributed by atoms with E-state index in [9.17, 15) is 0 Å². The quantitative estimate of drug-likeness (QED) is 0.631. The van der Waals surface area contributed by atoms with Crippen LogP contribution in [0.5, 0.6) is 0 Å². The Morgan fingerprint density at radius 2 is 1.88 bits per heavy atom. The maximum Gasteiger partial charge on any atom is 0.167 e. The van der Waals surface area contributed by atoms with Crippen molar-refractivity contribution in [3.05, 3.63) is 53.1 Å². The van der Waals surface area contributed by atoms with E-state index in [1.807, 2.05) is 49.4 Å². The van der Waals surface area contributed by atoms with Gasteiger partial charge in [0.05, 0.1) is 5.39 Å². The molecule has 0 saturated carbocycles. The third kappa shape index (κ3) is 1.71. The number of nitrogens with zero attached hydrogens (tertiary/aromatic N) is 1. The normalized spacial score (nSPS) is 10.9. The van der Waals surface area contributed by atoms with E-state index in [1.54, 1.807) is 0 Å². The van der Waals surface area contributed by atoms with Crippen LogP contribution in [0.4, 0.5) is 0 Å². The van der Waals surface area contributed by atoms with Crippen molar-refractivity contribution in [3.63, 3.8) is 0 Å². The van der Waals surface area contributed by atoms with Crippen molar-refractivity contribution in [1.29, 1.82) is 0 Å². The maximum absolute atomic E-state index is 6.13. The zero-order valence-corrected chi connectivity index (χ0v) is 10.0. The van der Waals surface area contributed by atoms with Crippen LogP contribution in [-0.2, 0) is 0 Å². The molecule has 0 unspecified atom stereocenters. The highest BCUT2D eigenvalue weighted by Gasteiger charge is 2.11. The standard InChI is InChI=1S/C14H10ClNO/c1-9-7-13-11(8-12(9)15)14(16-17-13)10-5-3-2-4-6-10/h2-8H,1H3. The highest BCUT2D eigenvalue weighted by atomic mass is 35.5. The van der Waals surface area contributed by atoms with Gasteiger partial charge in [-0.1, -0.05) is 47.1 Å². The van der Waals surface area contributed by atoms with E-state index < -0.39 is 0 Å². The van der Waals surface area contributed by atoms with E-state index in [4.69, 9.17) is 16.1 Å². The summed E-state index contributed by atoms with van der Waals surface area (Å²) >= 11 is 6.13. The lowest BCUT2D eigenvalue weighted by atomic mass is 10.1. The fourth-order valence-electron chi connectivity index (χ4n) is 1.86. The highest BCUT2D eigenvalue weighted by molar-refractivity contribution is 6.32. The van der Waals surface area contributed by atoms with E-state index in [-0.39, 0.29) is 0 Å². The van der Waals surface area contributed by atoms with Crippen LogP contribution in [0.15, 0.2) is 47.0 Å². The number of hydrogen-bond donors (Lipinski definition) is 0. The summed E-state index contributed by atoms with van der Waals surface area (Å²) in [6.45, 7) is 1.95. The molecule has 0 radical (unpaired) electrons. The van der Waals surface area contributed by atoms with Crippen molar-refractivity contribution in [2.24, 2.45) is 0 Å². The van der Waals surface area contributed by atoms with Gasteiger partial charge < -0.3 is 4.52 Å². The second-order valence-electron chi connectivity index (χ2n) is 3.99. The molecule has 84 valence electrons. The Labute approximate surface area is 104 Å². The van der Waals surface area contributed by atoms with Gasteiger partial charge in [-0.3, -0.25) is 0 Å². The second kappa shape index (κ2) is 3.90. The molecule has 3 heteroatoms. The van der Waals surface area contributed by atoms with Gasteiger partial charge in [0.1, 0.15) is 5.69 Å². The van der Waals surface area contributed by atoms with Crippen molar-refractivity contribution in [2.75, 3.05) is 0 Å². The molecule has 0 atom stereocenters. The van der Waals surface area contributed by atoms with Crippen molar-refractivity contribution in [3.8, 4) is 11.3 Å². The summed E-state index contributed by atoms with van der Waals surface area (Å²) in [5, 5.41) is 5.80. The molecule has 3 rings (SSSR count). The predicted octanol–water partition coefficient (Wildman–Crippen LogP) is 4.46. The Kier molecular flexibility index (Phi) is 2.37. The van der Waals surface area contributed by atoms with Gasteiger partial charge in [0.2, 0.25) is 0 Å². The zero-order valence-electron chi connectivity index (χ0n) is 9.27. The highest BCUT2D eigenvalue weighted by Crippen LogP contribution is 2.31. The molecule has 0 spiro atoms. The Balaban J connectivity index is 2.29. The molecule has 0 aliphatic carbocycles. The SMILES string of the molecule is Cc1cc2onc(-c3ccccc3)c2cc1Cl.